The molecule has 2 aromatic heterocycles. The van der Waals surface area contributed by atoms with Crippen LogP contribution in [0.15, 0.2) is 61.2 Å². The van der Waals surface area contributed by atoms with Crippen LogP contribution in [0.1, 0.15) is 11.4 Å². The summed E-state index contributed by atoms with van der Waals surface area (Å²) in [7, 11) is 0. The summed E-state index contributed by atoms with van der Waals surface area (Å²) in [6, 6.07) is 12.2. The minimum Gasteiger partial charge on any atom is -0.391 e. The van der Waals surface area contributed by atoms with Crippen molar-refractivity contribution in [3.8, 4) is 5.69 Å². The average Bonchev–Trinajstić information content (AvgIpc) is 3.24. The molecule has 0 saturated carbocycles. The number of aliphatic hydroxyl groups excluding tert-OH is 1. The van der Waals surface area contributed by atoms with Crippen LogP contribution in [0.2, 0.25) is 0 Å². The molecule has 1 aliphatic heterocycles. The molecule has 0 amide bonds. The Balaban J connectivity index is 1.44. The third-order valence-electron chi connectivity index (χ3n) is 4.68. The monoisotopic (exact) mass is 335 g/mol. The number of benzene rings is 1. The lowest BCUT2D eigenvalue weighted by atomic mass is 10.0. The zero-order valence-electron chi connectivity index (χ0n) is 13.9. The van der Waals surface area contributed by atoms with Gasteiger partial charge in [0.2, 0.25) is 0 Å². The number of aliphatic hydroxyl groups is 1. The van der Waals surface area contributed by atoms with Crippen LogP contribution < -0.4 is 0 Å². The molecule has 1 aliphatic rings. The first kappa shape index (κ1) is 15.9. The summed E-state index contributed by atoms with van der Waals surface area (Å²) < 4.78 is 1.96. The lowest BCUT2D eigenvalue weighted by Crippen LogP contribution is -2.23. The summed E-state index contributed by atoms with van der Waals surface area (Å²) in [6.07, 6.45) is 7.39. The van der Waals surface area contributed by atoms with Crippen LogP contribution in [0, 0.1) is 5.92 Å². The topological polar surface area (TPSA) is 67.1 Å². The summed E-state index contributed by atoms with van der Waals surface area (Å²) in [5.41, 5.74) is 3.11. The molecular formula is C19H21N5O. The van der Waals surface area contributed by atoms with Gasteiger partial charge in [0.1, 0.15) is 0 Å². The second-order valence-corrected chi connectivity index (χ2v) is 6.49. The molecule has 0 aliphatic carbocycles. The molecule has 128 valence electrons. The summed E-state index contributed by atoms with van der Waals surface area (Å²) >= 11 is 0. The van der Waals surface area contributed by atoms with Crippen LogP contribution in [0.25, 0.3) is 5.69 Å². The number of rotatable bonds is 5. The number of β-amino-alcohol motifs (C(OH)–C–C–N with tert-alkyl or cyclic N) is 1. The number of para-hydroxylation sites is 1. The molecule has 6 nitrogen and oxygen atoms in total. The molecule has 4 rings (SSSR count). The van der Waals surface area contributed by atoms with Gasteiger partial charge in [0.15, 0.2) is 0 Å². The highest BCUT2D eigenvalue weighted by Crippen LogP contribution is 2.23. The van der Waals surface area contributed by atoms with Gasteiger partial charge in [0, 0.05) is 50.3 Å². The molecule has 25 heavy (non-hydrogen) atoms. The van der Waals surface area contributed by atoms with E-state index in [0.29, 0.717) is 6.54 Å². The fourth-order valence-corrected chi connectivity index (χ4v) is 3.46. The van der Waals surface area contributed by atoms with E-state index in [2.05, 4.69) is 20.0 Å². The fraction of sp³-hybridized carbons (Fsp3) is 0.316. The van der Waals surface area contributed by atoms with E-state index in [1.807, 2.05) is 47.3 Å². The zero-order valence-corrected chi connectivity index (χ0v) is 13.9. The van der Waals surface area contributed by atoms with Gasteiger partial charge in [-0.3, -0.25) is 14.9 Å². The van der Waals surface area contributed by atoms with Gasteiger partial charge in [-0.15, -0.1) is 0 Å². The van der Waals surface area contributed by atoms with Crippen molar-refractivity contribution in [3.63, 3.8) is 0 Å². The zero-order chi connectivity index (χ0) is 17.1. The Kier molecular flexibility index (Phi) is 4.54. The summed E-state index contributed by atoms with van der Waals surface area (Å²) in [4.78, 5) is 10.7. The maximum atomic E-state index is 10.4. The number of likely N-dealkylation sites (tertiary alicyclic amines) is 1. The maximum Gasteiger partial charge on any atom is 0.0711 e. The molecule has 3 heterocycles. The second kappa shape index (κ2) is 7.13. The number of hydrogen-bond acceptors (Lipinski definition) is 5. The number of aromatic nitrogens is 4. The van der Waals surface area contributed by atoms with Crippen LogP contribution in [0.4, 0.5) is 0 Å². The molecule has 2 atom stereocenters. The molecule has 0 spiro atoms. The van der Waals surface area contributed by atoms with Crippen molar-refractivity contribution < 1.29 is 5.11 Å². The predicted octanol–water partition coefficient (Wildman–Crippen LogP) is 1.70. The van der Waals surface area contributed by atoms with Gasteiger partial charge in [-0.05, 0) is 24.6 Å². The Morgan fingerprint density at radius 3 is 2.72 bits per heavy atom. The van der Waals surface area contributed by atoms with E-state index in [1.165, 1.54) is 0 Å². The lowest BCUT2D eigenvalue weighted by Gasteiger charge is -2.16. The van der Waals surface area contributed by atoms with Crippen molar-refractivity contribution in [3.05, 3.63) is 72.6 Å². The highest BCUT2D eigenvalue weighted by Gasteiger charge is 2.32. The van der Waals surface area contributed by atoms with Crippen LogP contribution >= 0.6 is 0 Å². The summed E-state index contributed by atoms with van der Waals surface area (Å²) in [5, 5.41) is 14.9. The standard InChI is InChI=1S/C19H21N5O/c25-19-14-23(12-15(19)10-16-11-20-8-9-21-16)13-18-6-7-22-24(18)17-4-2-1-3-5-17/h1-9,11,15,19,25H,10,12-14H2/t15-,19-/m1/s1. The first-order chi connectivity index (χ1) is 12.3. The molecule has 0 bridgehead atoms. The maximum absolute atomic E-state index is 10.4. The van der Waals surface area contributed by atoms with E-state index < -0.39 is 0 Å². The Morgan fingerprint density at radius 2 is 1.92 bits per heavy atom. The summed E-state index contributed by atoms with van der Waals surface area (Å²) in [6.45, 7) is 2.28. The van der Waals surface area contributed by atoms with E-state index in [-0.39, 0.29) is 12.0 Å². The highest BCUT2D eigenvalue weighted by molar-refractivity contribution is 5.32. The SMILES string of the molecule is O[C@@H]1CN(Cc2ccnn2-c2ccccc2)C[C@H]1Cc1cnccn1. The van der Waals surface area contributed by atoms with E-state index in [0.717, 1.165) is 36.6 Å². The smallest absolute Gasteiger partial charge is 0.0711 e. The minimum atomic E-state index is -0.338. The largest absolute Gasteiger partial charge is 0.391 e. The molecule has 1 saturated heterocycles. The fourth-order valence-electron chi connectivity index (χ4n) is 3.46. The Hall–Kier alpha value is -2.57. The summed E-state index contributed by atoms with van der Waals surface area (Å²) in [5.74, 6) is 0.185. The predicted molar refractivity (Wildman–Crippen MR) is 94.1 cm³/mol. The highest BCUT2D eigenvalue weighted by atomic mass is 16.3. The lowest BCUT2D eigenvalue weighted by molar-refractivity contribution is 0.140. The van der Waals surface area contributed by atoms with Crippen LogP contribution in [-0.2, 0) is 13.0 Å². The Morgan fingerprint density at radius 1 is 1.04 bits per heavy atom. The third kappa shape index (κ3) is 3.60. The minimum absolute atomic E-state index is 0.185. The molecule has 6 heteroatoms. The van der Waals surface area contributed by atoms with Gasteiger partial charge in [-0.25, -0.2) is 4.68 Å². The van der Waals surface area contributed by atoms with Gasteiger partial charge >= 0.3 is 0 Å². The number of hydrogen-bond donors (Lipinski definition) is 1. The van der Waals surface area contributed by atoms with E-state index in [9.17, 15) is 5.11 Å². The first-order valence-electron chi connectivity index (χ1n) is 8.53. The van der Waals surface area contributed by atoms with E-state index >= 15 is 0 Å². The number of nitrogens with zero attached hydrogens (tertiary/aromatic N) is 5. The van der Waals surface area contributed by atoms with Crippen molar-refractivity contribution in [2.75, 3.05) is 13.1 Å². The quantitative estimate of drug-likeness (QED) is 0.769. The van der Waals surface area contributed by atoms with Gasteiger partial charge in [-0.2, -0.15) is 5.10 Å². The second-order valence-electron chi connectivity index (χ2n) is 6.49. The van der Waals surface area contributed by atoms with Crippen molar-refractivity contribution in [2.24, 2.45) is 5.92 Å². The molecule has 3 aromatic rings. The molecule has 0 unspecified atom stereocenters. The van der Waals surface area contributed by atoms with Crippen molar-refractivity contribution >= 4 is 0 Å². The van der Waals surface area contributed by atoms with Crippen molar-refractivity contribution in [1.29, 1.82) is 0 Å². The van der Waals surface area contributed by atoms with Crippen LogP contribution in [0.5, 0.6) is 0 Å². The molecular weight excluding hydrogens is 314 g/mol. The van der Waals surface area contributed by atoms with Crippen molar-refractivity contribution in [1.82, 2.24) is 24.6 Å². The van der Waals surface area contributed by atoms with E-state index in [4.69, 9.17) is 0 Å². The van der Waals surface area contributed by atoms with Gasteiger partial charge in [0.05, 0.1) is 23.2 Å². The van der Waals surface area contributed by atoms with Gasteiger partial charge < -0.3 is 5.11 Å². The third-order valence-corrected chi connectivity index (χ3v) is 4.68. The van der Waals surface area contributed by atoms with Crippen LogP contribution in [0.3, 0.4) is 0 Å². The normalized spacial score (nSPS) is 20.8. The Bertz CT molecular complexity index is 805. The van der Waals surface area contributed by atoms with E-state index in [1.54, 1.807) is 18.6 Å². The van der Waals surface area contributed by atoms with Crippen molar-refractivity contribution in [2.45, 2.75) is 19.1 Å². The van der Waals surface area contributed by atoms with Gasteiger partial charge in [-0.1, -0.05) is 18.2 Å². The first-order valence-corrected chi connectivity index (χ1v) is 8.53. The molecule has 1 N–H and O–H groups in total. The van der Waals surface area contributed by atoms with Gasteiger partial charge in [0.25, 0.3) is 0 Å². The Labute approximate surface area is 146 Å². The molecule has 1 fully saturated rings. The average molecular weight is 335 g/mol. The molecule has 1 aromatic carbocycles. The van der Waals surface area contributed by atoms with Crippen LogP contribution in [-0.4, -0.2) is 48.9 Å². The molecule has 0 radical (unpaired) electrons.